The van der Waals surface area contributed by atoms with Crippen LogP contribution >= 0.6 is 24.8 Å². The smallest absolute Gasteiger partial charge is 0.0505 e. The quantitative estimate of drug-likeness (QED) is 0.714. The monoisotopic (exact) mass is 227 g/mol. The first-order valence-electron chi connectivity index (χ1n) is 4.49. The lowest BCUT2D eigenvalue weighted by Gasteiger charge is -2.42. The minimum absolute atomic E-state index is 0. The predicted octanol–water partition coefficient (Wildman–Crippen LogP) is 0.744. The van der Waals surface area contributed by atoms with Gasteiger partial charge in [-0.05, 0) is 33.0 Å². The molecule has 0 aliphatic carbocycles. The second-order valence-electron chi connectivity index (χ2n) is 3.69. The number of rotatable bonds is 1. The van der Waals surface area contributed by atoms with E-state index >= 15 is 0 Å². The van der Waals surface area contributed by atoms with E-state index in [0.717, 1.165) is 19.4 Å². The first-order chi connectivity index (χ1) is 5.36. The fourth-order valence-corrected chi connectivity index (χ4v) is 1.86. The van der Waals surface area contributed by atoms with E-state index in [1.54, 1.807) is 0 Å². The molecule has 2 heterocycles. The lowest BCUT2D eigenvalue weighted by atomic mass is 10.0. The van der Waals surface area contributed by atoms with E-state index < -0.39 is 0 Å². The Bertz CT molecular complexity index is 133. The lowest BCUT2D eigenvalue weighted by molar-refractivity contribution is 0.0455. The molecule has 13 heavy (non-hydrogen) atoms. The Morgan fingerprint density at radius 2 is 1.62 bits per heavy atom. The van der Waals surface area contributed by atoms with Gasteiger partial charge in [0.15, 0.2) is 0 Å². The molecule has 0 spiro atoms. The number of hydrogen-bond acceptors (Lipinski definition) is 3. The van der Waals surface area contributed by atoms with Crippen LogP contribution in [0.3, 0.4) is 0 Å². The second kappa shape index (κ2) is 6.04. The highest BCUT2D eigenvalue weighted by molar-refractivity contribution is 5.85. The average molecular weight is 228 g/mol. The molecule has 3 nitrogen and oxygen atoms in total. The average Bonchev–Trinajstić information content (AvgIpc) is 1.90. The Morgan fingerprint density at radius 1 is 1.08 bits per heavy atom. The van der Waals surface area contributed by atoms with Crippen LogP contribution in [0, 0.1) is 0 Å². The molecule has 0 radical (unpaired) electrons. The molecule has 2 rings (SSSR count). The standard InChI is InChI=1S/C8H17N3.2ClH/c1-10-4-2-8(3-5-10)11-6-9-7-11;;/h8-9H,2-7H2,1H3;2*1H. The number of hydrogen-bond donors (Lipinski definition) is 1. The molecule has 0 aromatic rings. The van der Waals surface area contributed by atoms with Crippen molar-refractivity contribution in [1.82, 2.24) is 15.1 Å². The van der Waals surface area contributed by atoms with Crippen molar-refractivity contribution >= 4 is 24.8 Å². The van der Waals surface area contributed by atoms with Crippen molar-refractivity contribution in [1.29, 1.82) is 0 Å². The van der Waals surface area contributed by atoms with Crippen LogP contribution in [-0.4, -0.2) is 49.3 Å². The maximum atomic E-state index is 3.28. The maximum Gasteiger partial charge on any atom is 0.0505 e. The molecule has 2 aliphatic rings. The molecule has 0 saturated carbocycles. The van der Waals surface area contributed by atoms with Gasteiger partial charge in [-0.2, -0.15) is 0 Å². The molecule has 2 saturated heterocycles. The molecule has 0 bridgehead atoms. The van der Waals surface area contributed by atoms with Gasteiger partial charge in [0.1, 0.15) is 0 Å². The van der Waals surface area contributed by atoms with Crippen LogP contribution < -0.4 is 5.32 Å². The fraction of sp³-hybridized carbons (Fsp3) is 1.00. The highest BCUT2D eigenvalue weighted by Gasteiger charge is 2.25. The number of piperidine rings is 1. The van der Waals surface area contributed by atoms with Gasteiger partial charge in [-0.15, -0.1) is 24.8 Å². The van der Waals surface area contributed by atoms with Crippen LogP contribution in [0.1, 0.15) is 12.8 Å². The summed E-state index contributed by atoms with van der Waals surface area (Å²) >= 11 is 0. The van der Waals surface area contributed by atoms with Crippen LogP contribution in [0.25, 0.3) is 0 Å². The van der Waals surface area contributed by atoms with Crippen molar-refractivity contribution < 1.29 is 0 Å². The molecular weight excluding hydrogens is 209 g/mol. The Balaban J connectivity index is 0.000000720. The highest BCUT2D eigenvalue weighted by Crippen LogP contribution is 2.16. The molecule has 2 aliphatic heterocycles. The number of nitrogens with zero attached hydrogens (tertiary/aromatic N) is 2. The van der Waals surface area contributed by atoms with Crippen LogP contribution in [0.4, 0.5) is 0 Å². The second-order valence-corrected chi connectivity index (χ2v) is 3.69. The predicted molar refractivity (Wildman–Crippen MR) is 59.7 cm³/mol. The SMILES string of the molecule is CN1CCC(N2CNC2)CC1.Cl.Cl. The van der Waals surface area contributed by atoms with Crippen molar-refractivity contribution in [2.45, 2.75) is 18.9 Å². The first kappa shape index (κ1) is 13.5. The van der Waals surface area contributed by atoms with Crippen LogP contribution in [0.15, 0.2) is 0 Å². The van der Waals surface area contributed by atoms with Gasteiger partial charge >= 0.3 is 0 Å². The summed E-state index contributed by atoms with van der Waals surface area (Å²) in [4.78, 5) is 4.96. The van der Waals surface area contributed by atoms with Crippen molar-refractivity contribution in [3.8, 4) is 0 Å². The summed E-state index contributed by atoms with van der Waals surface area (Å²) in [5, 5.41) is 3.28. The lowest BCUT2D eigenvalue weighted by Crippen LogP contribution is -2.58. The van der Waals surface area contributed by atoms with Gasteiger partial charge in [-0.1, -0.05) is 0 Å². The normalized spacial score (nSPS) is 25.6. The molecule has 0 amide bonds. The molecular formula is C8H19Cl2N3. The Morgan fingerprint density at radius 3 is 2.00 bits per heavy atom. The van der Waals surface area contributed by atoms with Gasteiger partial charge in [0.25, 0.3) is 0 Å². The van der Waals surface area contributed by atoms with E-state index in [9.17, 15) is 0 Å². The first-order valence-corrected chi connectivity index (χ1v) is 4.49. The fourth-order valence-electron chi connectivity index (χ4n) is 1.86. The van der Waals surface area contributed by atoms with Crippen molar-refractivity contribution in [2.24, 2.45) is 0 Å². The number of halogens is 2. The summed E-state index contributed by atoms with van der Waals surface area (Å²) in [7, 11) is 2.21. The summed E-state index contributed by atoms with van der Waals surface area (Å²) in [6, 6.07) is 0.868. The van der Waals surface area contributed by atoms with E-state index in [1.165, 1.54) is 25.9 Å². The molecule has 0 aromatic heterocycles. The van der Waals surface area contributed by atoms with E-state index in [4.69, 9.17) is 0 Å². The Hall–Kier alpha value is 0.460. The zero-order valence-electron chi connectivity index (χ0n) is 8.03. The van der Waals surface area contributed by atoms with Crippen molar-refractivity contribution in [2.75, 3.05) is 33.5 Å². The third-order valence-electron chi connectivity index (χ3n) is 2.83. The van der Waals surface area contributed by atoms with E-state index in [2.05, 4.69) is 22.2 Å². The van der Waals surface area contributed by atoms with Gasteiger partial charge in [0.05, 0.1) is 13.3 Å². The Labute approximate surface area is 92.7 Å². The topological polar surface area (TPSA) is 18.5 Å². The third-order valence-corrected chi connectivity index (χ3v) is 2.83. The van der Waals surface area contributed by atoms with E-state index in [1.807, 2.05) is 0 Å². The zero-order chi connectivity index (χ0) is 7.68. The molecule has 1 N–H and O–H groups in total. The molecule has 2 fully saturated rings. The summed E-state index contributed by atoms with van der Waals surface area (Å²) in [6.07, 6.45) is 2.72. The van der Waals surface area contributed by atoms with E-state index in [0.29, 0.717) is 0 Å². The summed E-state index contributed by atoms with van der Waals surface area (Å²) in [6.45, 7) is 4.80. The molecule has 0 aromatic carbocycles. The minimum atomic E-state index is 0. The third kappa shape index (κ3) is 3.26. The zero-order valence-corrected chi connectivity index (χ0v) is 9.66. The van der Waals surface area contributed by atoms with Gasteiger partial charge < -0.3 is 4.90 Å². The highest BCUT2D eigenvalue weighted by atomic mass is 35.5. The van der Waals surface area contributed by atoms with Crippen LogP contribution in [0.5, 0.6) is 0 Å². The van der Waals surface area contributed by atoms with Crippen molar-refractivity contribution in [3.63, 3.8) is 0 Å². The molecule has 0 unspecified atom stereocenters. The van der Waals surface area contributed by atoms with E-state index in [-0.39, 0.29) is 24.8 Å². The van der Waals surface area contributed by atoms with Crippen molar-refractivity contribution in [3.05, 3.63) is 0 Å². The number of nitrogens with one attached hydrogen (secondary N) is 1. The number of likely N-dealkylation sites (tertiary alicyclic amines) is 1. The van der Waals surface area contributed by atoms with Gasteiger partial charge in [-0.3, -0.25) is 10.2 Å². The van der Waals surface area contributed by atoms with Gasteiger partial charge in [0.2, 0.25) is 0 Å². The molecule has 5 heteroatoms. The van der Waals surface area contributed by atoms with Gasteiger partial charge in [0, 0.05) is 6.04 Å². The van der Waals surface area contributed by atoms with Gasteiger partial charge in [-0.25, -0.2) is 0 Å². The van der Waals surface area contributed by atoms with Crippen LogP contribution in [0.2, 0.25) is 0 Å². The van der Waals surface area contributed by atoms with Crippen LogP contribution in [-0.2, 0) is 0 Å². The molecule has 80 valence electrons. The summed E-state index contributed by atoms with van der Waals surface area (Å²) < 4.78 is 0. The summed E-state index contributed by atoms with van der Waals surface area (Å²) in [5.41, 5.74) is 0. The maximum absolute atomic E-state index is 3.28. The minimum Gasteiger partial charge on any atom is -0.306 e. The largest absolute Gasteiger partial charge is 0.306 e. The molecule has 0 atom stereocenters. The summed E-state index contributed by atoms with van der Waals surface area (Å²) in [5.74, 6) is 0. The Kier molecular flexibility index (Phi) is 6.25.